The van der Waals surface area contributed by atoms with E-state index in [0.29, 0.717) is 5.56 Å². The van der Waals surface area contributed by atoms with Crippen LogP contribution in [0.5, 0.6) is 74.7 Å². The van der Waals surface area contributed by atoms with E-state index in [2.05, 4.69) is 0 Å². The van der Waals surface area contributed by atoms with Gasteiger partial charge in [0.1, 0.15) is 79.9 Å². The Morgan fingerprint density at radius 2 is 0.806 bits per heavy atom. The van der Waals surface area contributed by atoms with Crippen LogP contribution in [0.1, 0.15) is 78.9 Å². The summed E-state index contributed by atoms with van der Waals surface area (Å²) in [6.07, 6.45) is -7.46. The second-order valence-electron chi connectivity index (χ2n) is 16.4. The lowest BCUT2D eigenvalue weighted by atomic mass is 9.79. The first-order valence-electron chi connectivity index (χ1n) is 20.8. The maximum atomic E-state index is 12.8. The molecule has 23 heteroatoms. The number of carbonyl (C=O) groups is 5. The molecule has 3 aliphatic heterocycles. The van der Waals surface area contributed by atoms with Gasteiger partial charge in [-0.15, -0.1) is 0 Å². The number of aliphatic hydroxyl groups excluding tert-OH is 1. The molecule has 0 amide bonds. The van der Waals surface area contributed by atoms with Gasteiger partial charge in [-0.2, -0.15) is 0 Å². The van der Waals surface area contributed by atoms with E-state index in [4.69, 9.17) is 24.4 Å². The quantitative estimate of drug-likeness (QED) is 0.101. The van der Waals surface area contributed by atoms with E-state index >= 15 is 0 Å². The number of benzene rings is 6. The molecule has 3 heterocycles. The first kappa shape index (κ1) is 50.4. The van der Waals surface area contributed by atoms with Gasteiger partial charge in [-0.1, -0.05) is 30.3 Å². The summed E-state index contributed by atoms with van der Waals surface area (Å²) in [4.78, 5) is 60.1. The Kier molecular flexibility index (Phi) is 13.4. The third-order valence-electron chi connectivity index (χ3n) is 11.4. The first-order valence-corrected chi connectivity index (χ1v) is 20.8. The Labute approximate surface area is 403 Å². The van der Waals surface area contributed by atoms with Crippen LogP contribution in [0.4, 0.5) is 0 Å². The van der Waals surface area contributed by atoms with Gasteiger partial charge in [-0.25, -0.2) is 0 Å². The van der Waals surface area contributed by atoms with Gasteiger partial charge in [-0.3, -0.25) is 24.0 Å². The van der Waals surface area contributed by atoms with Crippen molar-refractivity contribution >= 4 is 29.3 Å². The minimum absolute atomic E-state index is 0.000810. The zero-order valence-electron chi connectivity index (χ0n) is 36.5. The third kappa shape index (κ3) is 9.60. The van der Waals surface area contributed by atoms with Crippen molar-refractivity contribution in [3.05, 3.63) is 137 Å². The monoisotopic (exact) mass is 996 g/mol. The van der Waals surface area contributed by atoms with Gasteiger partial charge < -0.3 is 90.8 Å². The normalized spacial score (nSPS) is 21.6. The van der Waals surface area contributed by atoms with Gasteiger partial charge in [0, 0.05) is 36.4 Å². The summed E-state index contributed by atoms with van der Waals surface area (Å²) in [6, 6.07) is 20.6. The second kappa shape index (κ2) is 19.2. The van der Waals surface area contributed by atoms with Crippen LogP contribution in [0.25, 0.3) is 0 Å². The van der Waals surface area contributed by atoms with Crippen LogP contribution >= 0.6 is 0 Å². The lowest BCUT2D eigenvalue weighted by Gasteiger charge is -2.38. The number of ether oxygens (including phenoxy) is 3. The summed E-state index contributed by atoms with van der Waals surface area (Å²) in [7, 11) is 0. The van der Waals surface area contributed by atoms with Crippen molar-refractivity contribution < 1.29 is 115 Å². The van der Waals surface area contributed by atoms with Crippen molar-refractivity contribution in [2.45, 2.75) is 48.5 Å². The molecule has 0 aliphatic carbocycles. The van der Waals surface area contributed by atoms with E-state index in [9.17, 15) is 90.4 Å². The topological polar surface area (TPSA) is 416 Å². The number of Topliss-reactive ketones (excluding diaryl/α,β-unsaturated/α-hetero) is 3. The fourth-order valence-electron chi connectivity index (χ4n) is 8.11. The number of phenols is 10. The predicted molar refractivity (Wildman–Crippen MR) is 239 cm³/mol. The Hall–Kier alpha value is -9.45. The molecule has 0 spiro atoms. The molecule has 23 nitrogen and oxygen atoms in total. The first-order chi connectivity index (χ1) is 33.8. The molecule has 6 aromatic carbocycles. The van der Waals surface area contributed by atoms with Gasteiger partial charge in [0.15, 0.2) is 47.1 Å². The number of aliphatic carboxylic acids is 2. The van der Waals surface area contributed by atoms with Crippen molar-refractivity contribution in [1.29, 1.82) is 0 Å². The number of carboxylic acids is 2. The molecule has 6 atom stereocenters. The molecule has 0 unspecified atom stereocenters. The minimum atomic E-state index is -2.60. The number of carboxylic acid groups (broad SMARTS) is 2. The molecule has 9 rings (SSSR count). The molecule has 0 saturated heterocycles. The standard InChI is InChI=1S/C17H14O9.C17H14O8.C15H12O6/c18-8-4-11(21)14-12(5-8)26-16(7-1-2-9(19)10(20)3-7)17(25,15(14)24)6-13(22)23;18-9-3-1-8(2-4-9)16-17(24,7-13(21)22)15(23)14-11(20)5-10(19)6-12(14)25-16;16-8-3-1-7(2-4-8)15-14(20)13(19)12-10(18)5-9(17)6-11(12)21-15/h1-5,16,18-21,25H,6H2,(H,22,23);1-6,16,18-20,24H,7H2,(H,21,22);1-6,14-18,20H/t2*16-,17+;14-,15+/m110/s1. The summed E-state index contributed by atoms with van der Waals surface area (Å²) in [6.45, 7) is 0. The summed E-state index contributed by atoms with van der Waals surface area (Å²) in [5.74, 6) is -10.1. The fraction of sp³-hybridized carbons (Fsp3) is 0.163. The van der Waals surface area contributed by atoms with E-state index in [0.717, 1.165) is 42.5 Å². The number of rotatable bonds is 7. The van der Waals surface area contributed by atoms with Crippen LogP contribution in [0.3, 0.4) is 0 Å². The van der Waals surface area contributed by atoms with Gasteiger partial charge in [0.25, 0.3) is 0 Å². The number of aromatic hydroxyl groups is 10. The van der Waals surface area contributed by atoms with Crippen molar-refractivity contribution in [2.75, 3.05) is 0 Å². The second-order valence-corrected chi connectivity index (χ2v) is 16.4. The number of carbonyl (C=O) groups excluding carboxylic acids is 3. The highest BCUT2D eigenvalue weighted by molar-refractivity contribution is 6.10. The van der Waals surface area contributed by atoms with E-state index in [-0.39, 0.29) is 56.9 Å². The van der Waals surface area contributed by atoms with Crippen LogP contribution in [0.2, 0.25) is 0 Å². The number of aliphatic hydroxyl groups is 3. The summed E-state index contributed by atoms with van der Waals surface area (Å²) >= 11 is 0. The highest BCUT2D eigenvalue weighted by Crippen LogP contribution is 2.50. The van der Waals surface area contributed by atoms with Gasteiger partial charge in [0.05, 0.1) is 12.8 Å². The van der Waals surface area contributed by atoms with Crippen LogP contribution in [0, 0.1) is 0 Å². The van der Waals surface area contributed by atoms with E-state index < -0.39 is 123 Å². The largest absolute Gasteiger partial charge is 0.508 e. The highest BCUT2D eigenvalue weighted by Gasteiger charge is 2.55. The average Bonchev–Trinajstić information content (AvgIpc) is 3.28. The lowest BCUT2D eigenvalue weighted by molar-refractivity contribution is -0.146. The third-order valence-corrected chi connectivity index (χ3v) is 11.4. The molecule has 72 heavy (non-hydrogen) atoms. The fourth-order valence-corrected chi connectivity index (χ4v) is 8.11. The van der Waals surface area contributed by atoms with Gasteiger partial charge >= 0.3 is 11.9 Å². The zero-order valence-corrected chi connectivity index (χ0v) is 36.5. The molecule has 3 aliphatic rings. The highest BCUT2D eigenvalue weighted by atomic mass is 16.5. The molecule has 15 N–H and O–H groups in total. The van der Waals surface area contributed by atoms with E-state index in [1.165, 1.54) is 60.7 Å². The van der Waals surface area contributed by atoms with E-state index in [1.807, 2.05) is 0 Å². The van der Waals surface area contributed by atoms with Crippen LogP contribution in [-0.2, 0) is 9.59 Å². The number of hydrogen-bond acceptors (Lipinski definition) is 21. The van der Waals surface area contributed by atoms with Crippen molar-refractivity contribution in [3.8, 4) is 74.7 Å². The number of hydrogen-bond donors (Lipinski definition) is 15. The molecule has 0 radical (unpaired) electrons. The average molecular weight is 997 g/mol. The number of ketones is 3. The maximum Gasteiger partial charge on any atom is 0.306 e. The maximum absolute atomic E-state index is 12.8. The summed E-state index contributed by atoms with van der Waals surface area (Å²) in [5, 5.41) is 146. The molecule has 0 fully saturated rings. The SMILES string of the molecule is O=C(O)C[C@]1(O)C(=O)c2c(O)cc(O)cc2O[C@@H]1c1ccc(O)c(O)c1.O=C(O)C[C@]1(O)C(=O)c2c(O)cc(O)cc2O[C@@H]1c1ccc(O)cc1.O=C1c2c(O)cc(O)cc2O[C@H](c2ccc(O)cc2)[C@H]1O. The molecule has 6 aromatic rings. The minimum Gasteiger partial charge on any atom is -0.508 e. The molecular weight excluding hydrogens is 957 g/mol. The molecular formula is C49H40O23. The van der Waals surface area contributed by atoms with Crippen molar-refractivity contribution in [2.24, 2.45) is 0 Å². The van der Waals surface area contributed by atoms with Crippen molar-refractivity contribution in [1.82, 2.24) is 0 Å². The lowest BCUT2D eigenvalue weighted by Crippen LogP contribution is -2.51. The summed E-state index contributed by atoms with van der Waals surface area (Å²) in [5.41, 5.74) is -5.38. The molecule has 374 valence electrons. The number of fused-ring (bicyclic) bond motifs is 3. The zero-order chi connectivity index (χ0) is 52.7. The number of phenolic OH excluding ortho intramolecular Hbond substituents is 10. The van der Waals surface area contributed by atoms with Gasteiger partial charge in [0.2, 0.25) is 17.3 Å². The van der Waals surface area contributed by atoms with Gasteiger partial charge in [-0.05, 0) is 53.1 Å². The van der Waals surface area contributed by atoms with Crippen LogP contribution in [0.15, 0.2) is 103 Å². The Morgan fingerprint density at radius 3 is 1.22 bits per heavy atom. The molecule has 0 bridgehead atoms. The predicted octanol–water partition coefficient (Wildman–Crippen LogP) is 3.84. The summed E-state index contributed by atoms with van der Waals surface area (Å²) < 4.78 is 16.6. The van der Waals surface area contributed by atoms with Crippen molar-refractivity contribution in [3.63, 3.8) is 0 Å². The smallest absolute Gasteiger partial charge is 0.306 e. The van der Waals surface area contributed by atoms with Crippen LogP contribution in [-0.4, -0.2) is 123 Å². The Morgan fingerprint density at radius 1 is 0.431 bits per heavy atom. The Bertz CT molecular complexity index is 3150. The molecule has 0 aromatic heterocycles. The Balaban J connectivity index is 0.000000159. The van der Waals surface area contributed by atoms with E-state index in [1.54, 1.807) is 0 Å². The van der Waals surface area contributed by atoms with Crippen LogP contribution < -0.4 is 14.2 Å². The molecule has 0 saturated carbocycles.